The highest BCUT2D eigenvalue weighted by atomic mass is 79.9. The summed E-state index contributed by atoms with van der Waals surface area (Å²) in [7, 11) is 1.45. The van der Waals surface area contributed by atoms with Gasteiger partial charge in [-0.3, -0.25) is 9.69 Å². The Kier molecular flexibility index (Phi) is 6.67. The number of halogens is 1. The van der Waals surface area contributed by atoms with Crippen LogP contribution in [-0.4, -0.2) is 44.2 Å². The molecule has 1 aromatic carbocycles. The monoisotopic (exact) mass is 354 g/mol. The molecule has 21 heavy (non-hydrogen) atoms. The van der Waals surface area contributed by atoms with Gasteiger partial charge in [0.1, 0.15) is 0 Å². The number of rotatable bonds is 6. The first-order valence-corrected chi connectivity index (χ1v) is 8.21. The number of esters is 1. The van der Waals surface area contributed by atoms with Gasteiger partial charge < -0.3 is 10.1 Å². The highest BCUT2D eigenvalue weighted by Gasteiger charge is 2.19. The molecule has 0 atom stereocenters. The number of hydrogen-bond donors (Lipinski definition) is 1. The van der Waals surface area contributed by atoms with Crippen LogP contribution in [0.25, 0.3) is 0 Å². The van der Waals surface area contributed by atoms with Crippen molar-refractivity contribution in [2.75, 3.05) is 33.3 Å². The maximum Gasteiger partial charge on any atom is 0.319 e. The summed E-state index contributed by atoms with van der Waals surface area (Å²) in [6.45, 7) is 4.23. The number of benzene rings is 1. The Labute approximate surface area is 135 Å². The van der Waals surface area contributed by atoms with E-state index in [-0.39, 0.29) is 5.97 Å². The van der Waals surface area contributed by atoms with Crippen LogP contribution in [0.5, 0.6) is 0 Å². The van der Waals surface area contributed by atoms with Crippen LogP contribution in [-0.2, 0) is 16.1 Å². The van der Waals surface area contributed by atoms with Gasteiger partial charge in [0.15, 0.2) is 0 Å². The lowest BCUT2D eigenvalue weighted by molar-refractivity contribution is -0.142. The van der Waals surface area contributed by atoms with Crippen molar-refractivity contribution in [2.45, 2.75) is 19.4 Å². The third-order valence-electron chi connectivity index (χ3n) is 3.85. The molecule has 0 aromatic heterocycles. The lowest BCUT2D eigenvalue weighted by Crippen LogP contribution is -2.38. The number of nitrogens with zero attached hydrogens (tertiary/aromatic N) is 1. The van der Waals surface area contributed by atoms with Crippen LogP contribution in [0.3, 0.4) is 0 Å². The molecule has 0 radical (unpaired) electrons. The number of piperidine rings is 1. The molecule has 1 N–H and O–H groups in total. The molecule has 0 aliphatic carbocycles. The second kappa shape index (κ2) is 8.51. The quantitative estimate of drug-likeness (QED) is 0.796. The number of carbonyl (C=O) groups excluding carboxylic acids is 1. The Morgan fingerprint density at radius 1 is 1.43 bits per heavy atom. The number of methoxy groups -OCH3 is 1. The van der Waals surface area contributed by atoms with E-state index in [0.29, 0.717) is 12.5 Å². The molecule has 1 heterocycles. The zero-order chi connectivity index (χ0) is 15.1. The Hall–Kier alpha value is -0.910. The van der Waals surface area contributed by atoms with Crippen molar-refractivity contribution >= 4 is 21.9 Å². The Balaban J connectivity index is 1.98. The largest absolute Gasteiger partial charge is 0.468 e. The molecule has 5 heteroatoms. The van der Waals surface area contributed by atoms with E-state index in [1.807, 2.05) is 12.1 Å². The minimum absolute atomic E-state index is 0.168. The molecule has 1 aromatic rings. The second-order valence-electron chi connectivity index (χ2n) is 5.57. The average molecular weight is 355 g/mol. The van der Waals surface area contributed by atoms with Gasteiger partial charge in [0, 0.05) is 17.6 Å². The average Bonchev–Trinajstić information content (AvgIpc) is 2.48. The summed E-state index contributed by atoms with van der Waals surface area (Å²) in [4.78, 5) is 13.8. The van der Waals surface area contributed by atoms with Crippen LogP contribution >= 0.6 is 15.9 Å². The molecule has 1 aliphatic heterocycles. The first kappa shape index (κ1) is 16.5. The van der Waals surface area contributed by atoms with Crippen molar-refractivity contribution in [3.63, 3.8) is 0 Å². The summed E-state index contributed by atoms with van der Waals surface area (Å²) in [5.74, 6) is 0.488. The van der Waals surface area contributed by atoms with Crippen molar-refractivity contribution in [3.8, 4) is 0 Å². The zero-order valence-electron chi connectivity index (χ0n) is 12.5. The van der Waals surface area contributed by atoms with Gasteiger partial charge in [0.25, 0.3) is 0 Å². The highest BCUT2D eigenvalue weighted by molar-refractivity contribution is 9.10. The van der Waals surface area contributed by atoms with E-state index in [4.69, 9.17) is 4.74 Å². The second-order valence-corrected chi connectivity index (χ2v) is 6.48. The van der Waals surface area contributed by atoms with Crippen LogP contribution in [0.15, 0.2) is 28.7 Å². The van der Waals surface area contributed by atoms with Crippen LogP contribution in [0.2, 0.25) is 0 Å². The molecule has 0 saturated carbocycles. The standard InChI is InChI=1S/C16H23BrN2O2/c1-21-16(20)12-19(10-13-5-7-18-8-6-13)11-14-3-2-4-15(17)9-14/h2-4,9,13,18H,5-8,10-12H2,1H3. The molecule has 0 spiro atoms. The zero-order valence-corrected chi connectivity index (χ0v) is 14.1. The van der Waals surface area contributed by atoms with Crippen molar-refractivity contribution in [1.29, 1.82) is 0 Å². The molecular weight excluding hydrogens is 332 g/mol. The molecule has 1 fully saturated rings. The van der Waals surface area contributed by atoms with Gasteiger partial charge in [-0.05, 0) is 49.5 Å². The Morgan fingerprint density at radius 3 is 2.86 bits per heavy atom. The fraction of sp³-hybridized carbons (Fsp3) is 0.562. The van der Waals surface area contributed by atoms with E-state index < -0.39 is 0 Å². The SMILES string of the molecule is COC(=O)CN(Cc1cccc(Br)c1)CC1CCNCC1. The summed E-state index contributed by atoms with van der Waals surface area (Å²) in [6.07, 6.45) is 2.35. The smallest absolute Gasteiger partial charge is 0.319 e. The molecule has 1 aliphatic rings. The van der Waals surface area contributed by atoms with Gasteiger partial charge in [0.05, 0.1) is 13.7 Å². The first-order chi connectivity index (χ1) is 10.2. The van der Waals surface area contributed by atoms with Crippen LogP contribution < -0.4 is 5.32 Å². The highest BCUT2D eigenvalue weighted by Crippen LogP contribution is 2.17. The summed E-state index contributed by atoms with van der Waals surface area (Å²) >= 11 is 3.50. The van der Waals surface area contributed by atoms with Crippen molar-refractivity contribution in [2.24, 2.45) is 5.92 Å². The predicted molar refractivity (Wildman–Crippen MR) is 87.0 cm³/mol. The summed E-state index contributed by atoms with van der Waals surface area (Å²) in [5, 5.41) is 3.38. The van der Waals surface area contributed by atoms with E-state index in [2.05, 4.69) is 38.3 Å². The van der Waals surface area contributed by atoms with Gasteiger partial charge >= 0.3 is 5.97 Å². The number of hydrogen-bond acceptors (Lipinski definition) is 4. The third kappa shape index (κ3) is 5.77. The number of nitrogens with one attached hydrogen (secondary N) is 1. The molecule has 116 valence electrons. The molecule has 0 bridgehead atoms. The topological polar surface area (TPSA) is 41.6 Å². The normalized spacial score (nSPS) is 16.1. The van der Waals surface area contributed by atoms with Crippen LogP contribution in [0.1, 0.15) is 18.4 Å². The summed E-state index contributed by atoms with van der Waals surface area (Å²) in [5.41, 5.74) is 1.21. The summed E-state index contributed by atoms with van der Waals surface area (Å²) < 4.78 is 5.90. The molecule has 0 amide bonds. The minimum atomic E-state index is -0.168. The molecule has 1 saturated heterocycles. The molecule has 0 unspecified atom stereocenters. The maximum absolute atomic E-state index is 11.6. The lowest BCUT2D eigenvalue weighted by Gasteiger charge is -2.29. The fourth-order valence-corrected chi connectivity index (χ4v) is 3.20. The maximum atomic E-state index is 11.6. The van der Waals surface area contributed by atoms with E-state index in [9.17, 15) is 4.79 Å². The lowest BCUT2D eigenvalue weighted by atomic mass is 9.97. The molecular formula is C16H23BrN2O2. The Morgan fingerprint density at radius 2 is 2.19 bits per heavy atom. The van der Waals surface area contributed by atoms with E-state index >= 15 is 0 Å². The van der Waals surface area contributed by atoms with E-state index in [0.717, 1.165) is 30.7 Å². The summed E-state index contributed by atoms with van der Waals surface area (Å²) in [6, 6.07) is 8.24. The number of ether oxygens (including phenoxy) is 1. The van der Waals surface area contributed by atoms with Gasteiger partial charge in [-0.2, -0.15) is 0 Å². The van der Waals surface area contributed by atoms with E-state index in [1.54, 1.807) is 0 Å². The third-order valence-corrected chi connectivity index (χ3v) is 4.34. The minimum Gasteiger partial charge on any atom is -0.468 e. The first-order valence-electron chi connectivity index (χ1n) is 7.41. The van der Waals surface area contributed by atoms with Gasteiger partial charge in [-0.15, -0.1) is 0 Å². The molecule has 2 rings (SSSR count). The van der Waals surface area contributed by atoms with Crippen molar-refractivity contribution < 1.29 is 9.53 Å². The van der Waals surface area contributed by atoms with Gasteiger partial charge in [-0.25, -0.2) is 0 Å². The van der Waals surface area contributed by atoms with E-state index in [1.165, 1.54) is 25.5 Å². The fourth-order valence-electron chi connectivity index (χ4n) is 2.76. The van der Waals surface area contributed by atoms with Crippen molar-refractivity contribution in [1.82, 2.24) is 10.2 Å². The predicted octanol–water partition coefficient (Wildman–Crippen LogP) is 2.42. The molecule has 4 nitrogen and oxygen atoms in total. The Bertz CT molecular complexity index is 461. The van der Waals surface area contributed by atoms with Crippen LogP contribution in [0, 0.1) is 5.92 Å². The van der Waals surface area contributed by atoms with Gasteiger partial charge in [0.2, 0.25) is 0 Å². The van der Waals surface area contributed by atoms with Gasteiger partial charge in [-0.1, -0.05) is 28.1 Å². The number of carbonyl (C=O) groups is 1. The van der Waals surface area contributed by atoms with Crippen molar-refractivity contribution in [3.05, 3.63) is 34.3 Å². The van der Waals surface area contributed by atoms with Crippen LogP contribution in [0.4, 0.5) is 0 Å².